The fourth-order valence-corrected chi connectivity index (χ4v) is 3.02. The molecule has 0 saturated carbocycles. The largest absolute Gasteiger partial charge is 0.423 e. The summed E-state index contributed by atoms with van der Waals surface area (Å²) in [5.74, 6) is 1.67. The normalized spacial score (nSPS) is 15.0. The smallest absolute Gasteiger partial charge is 0.298 e. The lowest BCUT2D eigenvalue weighted by molar-refractivity contribution is 0.539. The Kier molecular flexibility index (Phi) is 4.09. The van der Waals surface area contributed by atoms with Crippen LogP contribution in [0.15, 0.2) is 34.9 Å². The van der Waals surface area contributed by atoms with E-state index in [9.17, 15) is 0 Å². The molecular weight excluding hydrogens is 340 g/mol. The van der Waals surface area contributed by atoms with Gasteiger partial charge in [-0.15, -0.1) is 0 Å². The maximum Gasteiger partial charge on any atom is 0.298 e. The highest BCUT2D eigenvalue weighted by atomic mass is 35.5. The summed E-state index contributed by atoms with van der Waals surface area (Å²) in [4.78, 5) is 19.9. The molecule has 1 aliphatic heterocycles. The van der Waals surface area contributed by atoms with Gasteiger partial charge in [-0.05, 0) is 18.2 Å². The summed E-state index contributed by atoms with van der Waals surface area (Å²) in [6, 6.07) is 8.04. The average Bonchev–Trinajstić information content (AvgIpc) is 3.05. The number of fused-ring (bicyclic) bond motifs is 1. The van der Waals surface area contributed by atoms with E-state index in [1.165, 1.54) is 0 Å². The molecule has 3 aromatic rings. The maximum absolute atomic E-state index is 6.01. The monoisotopic (exact) mass is 358 g/mol. The van der Waals surface area contributed by atoms with Crippen molar-refractivity contribution in [3.8, 4) is 0 Å². The number of nitrogens with zero attached hydrogens (tertiary/aromatic N) is 6. The van der Waals surface area contributed by atoms with Gasteiger partial charge in [-0.1, -0.05) is 11.6 Å². The Labute approximate surface area is 150 Å². The van der Waals surface area contributed by atoms with Crippen LogP contribution in [0.2, 0.25) is 5.02 Å². The molecule has 2 aromatic heterocycles. The molecule has 1 saturated heterocycles. The van der Waals surface area contributed by atoms with Crippen molar-refractivity contribution in [2.75, 3.05) is 55.0 Å². The van der Waals surface area contributed by atoms with Gasteiger partial charge < -0.3 is 19.1 Å². The van der Waals surface area contributed by atoms with Gasteiger partial charge in [-0.25, -0.2) is 4.98 Å². The van der Waals surface area contributed by atoms with Crippen LogP contribution < -0.4 is 14.7 Å². The van der Waals surface area contributed by atoms with Crippen molar-refractivity contribution in [3.63, 3.8) is 0 Å². The van der Waals surface area contributed by atoms with Crippen LogP contribution in [0.3, 0.4) is 0 Å². The van der Waals surface area contributed by atoms with Crippen molar-refractivity contribution in [2.24, 2.45) is 0 Å². The second kappa shape index (κ2) is 6.40. The summed E-state index contributed by atoms with van der Waals surface area (Å²) in [6.45, 7) is 3.24. The molecule has 0 spiro atoms. The van der Waals surface area contributed by atoms with Gasteiger partial charge in [0.05, 0.1) is 0 Å². The average molecular weight is 359 g/mol. The van der Waals surface area contributed by atoms with Crippen LogP contribution in [0.1, 0.15) is 0 Å². The predicted octanol–water partition coefficient (Wildman–Crippen LogP) is 2.66. The number of hydrogen-bond donors (Lipinski definition) is 0. The van der Waals surface area contributed by atoms with Crippen LogP contribution in [0.25, 0.3) is 11.1 Å². The Balaban J connectivity index is 1.48. The molecule has 1 fully saturated rings. The van der Waals surface area contributed by atoms with Gasteiger partial charge in [0.25, 0.3) is 6.01 Å². The fourth-order valence-electron chi connectivity index (χ4n) is 2.86. The third-order valence-corrected chi connectivity index (χ3v) is 4.49. The predicted molar refractivity (Wildman–Crippen MR) is 99.8 cm³/mol. The highest BCUT2D eigenvalue weighted by Crippen LogP contribution is 2.26. The molecule has 7 nitrogen and oxygen atoms in total. The van der Waals surface area contributed by atoms with Gasteiger partial charge in [0.2, 0.25) is 5.95 Å². The number of aromatic nitrogens is 3. The van der Waals surface area contributed by atoms with Crippen molar-refractivity contribution in [1.82, 2.24) is 15.0 Å². The summed E-state index contributed by atoms with van der Waals surface area (Å²) in [5, 5.41) is 0.651. The zero-order valence-corrected chi connectivity index (χ0v) is 14.9. The minimum Gasteiger partial charge on any atom is -0.423 e. The lowest BCUT2D eigenvalue weighted by atomic mass is 10.3. The van der Waals surface area contributed by atoms with E-state index in [0.717, 1.165) is 43.5 Å². The third-order valence-electron chi connectivity index (χ3n) is 4.26. The number of oxazole rings is 1. The molecule has 0 unspecified atom stereocenters. The number of benzene rings is 1. The second-order valence-corrected chi connectivity index (χ2v) is 6.63. The van der Waals surface area contributed by atoms with Gasteiger partial charge in [0.1, 0.15) is 11.3 Å². The van der Waals surface area contributed by atoms with Gasteiger partial charge in [0, 0.05) is 57.6 Å². The molecule has 25 heavy (non-hydrogen) atoms. The van der Waals surface area contributed by atoms with Crippen LogP contribution >= 0.6 is 11.6 Å². The maximum atomic E-state index is 6.01. The molecule has 0 bridgehead atoms. The van der Waals surface area contributed by atoms with Gasteiger partial charge in [0.15, 0.2) is 5.58 Å². The van der Waals surface area contributed by atoms with Gasteiger partial charge in [-0.2, -0.15) is 9.97 Å². The Hall–Kier alpha value is -2.54. The third kappa shape index (κ3) is 3.19. The van der Waals surface area contributed by atoms with E-state index in [2.05, 4.69) is 24.8 Å². The Morgan fingerprint density at radius 1 is 1.04 bits per heavy atom. The summed E-state index contributed by atoms with van der Waals surface area (Å²) in [6.07, 6.45) is 1.80. The lowest BCUT2D eigenvalue weighted by Gasteiger charge is -2.34. The molecule has 130 valence electrons. The fraction of sp³-hybridized carbons (Fsp3) is 0.353. The van der Waals surface area contributed by atoms with Crippen LogP contribution in [-0.2, 0) is 0 Å². The van der Waals surface area contributed by atoms with Gasteiger partial charge in [-0.3, -0.25) is 0 Å². The summed E-state index contributed by atoms with van der Waals surface area (Å²) in [5.41, 5.74) is 1.54. The first-order valence-electron chi connectivity index (χ1n) is 8.16. The van der Waals surface area contributed by atoms with E-state index in [-0.39, 0.29) is 0 Å². The summed E-state index contributed by atoms with van der Waals surface area (Å²) >= 11 is 6.01. The molecule has 0 radical (unpaired) electrons. The highest BCUT2D eigenvalue weighted by Gasteiger charge is 2.23. The number of halogens is 1. The molecule has 4 rings (SSSR count). The second-order valence-electron chi connectivity index (χ2n) is 6.19. The number of hydrogen-bond acceptors (Lipinski definition) is 7. The molecule has 8 heteroatoms. The molecule has 0 N–H and O–H groups in total. The van der Waals surface area contributed by atoms with E-state index in [0.29, 0.717) is 16.6 Å². The number of rotatable bonds is 3. The van der Waals surface area contributed by atoms with Crippen molar-refractivity contribution >= 4 is 40.5 Å². The molecular formula is C17H19ClN6O. The van der Waals surface area contributed by atoms with E-state index in [4.69, 9.17) is 16.0 Å². The molecule has 0 aliphatic carbocycles. The Bertz CT molecular complexity index is 888. The van der Waals surface area contributed by atoms with E-state index < -0.39 is 0 Å². The van der Waals surface area contributed by atoms with Crippen LogP contribution in [0, 0.1) is 0 Å². The SMILES string of the molecule is CN(C)c1ccnc(N2CCN(c3nc4ccc(Cl)cc4o3)CC2)n1. The molecule has 0 atom stereocenters. The van der Waals surface area contributed by atoms with Crippen molar-refractivity contribution in [1.29, 1.82) is 0 Å². The number of piperazine rings is 1. The van der Waals surface area contributed by atoms with Crippen molar-refractivity contribution in [3.05, 3.63) is 35.5 Å². The van der Waals surface area contributed by atoms with Crippen LogP contribution in [0.5, 0.6) is 0 Å². The van der Waals surface area contributed by atoms with Crippen LogP contribution in [0.4, 0.5) is 17.8 Å². The Morgan fingerprint density at radius 2 is 1.80 bits per heavy atom. The first-order valence-corrected chi connectivity index (χ1v) is 8.54. The lowest BCUT2D eigenvalue weighted by Crippen LogP contribution is -2.47. The van der Waals surface area contributed by atoms with Gasteiger partial charge >= 0.3 is 0 Å². The standard InChI is InChI=1S/C17H19ClN6O/c1-22(2)15-5-6-19-16(21-15)23-7-9-24(10-8-23)17-20-13-4-3-12(18)11-14(13)25-17/h3-6,11H,7-10H2,1-2H3. The van der Waals surface area contributed by atoms with E-state index >= 15 is 0 Å². The molecule has 3 heterocycles. The molecule has 0 amide bonds. The van der Waals surface area contributed by atoms with E-state index in [1.807, 2.05) is 37.2 Å². The highest BCUT2D eigenvalue weighted by molar-refractivity contribution is 6.31. The first-order chi connectivity index (χ1) is 12.1. The minimum atomic E-state index is 0.639. The molecule has 1 aromatic carbocycles. The quantitative estimate of drug-likeness (QED) is 0.713. The van der Waals surface area contributed by atoms with E-state index in [1.54, 1.807) is 12.3 Å². The zero-order valence-electron chi connectivity index (χ0n) is 14.2. The zero-order chi connectivity index (χ0) is 17.4. The first kappa shape index (κ1) is 16.0. The topological polar surface area (TPSA) is 61.5 Å². The van der Waals surface area contributed by atoms with Crippen molar-refractivity contribution in [2.45, 2.75) is 0 Å². The minimum absolute atomic E-state index is 0.639. The van der Waals surface area contributed by atoms with Crippen LogP contribution in [-0.4, -0.2) is 55.2 Å². The summed E-state index contributed by atoms with van der Waals surface area (Å²) in [7, 11) is 3.95. The van der Waals surface area contributed by atoms with Crippen molar-refractivity contribution < 1.29 is 4.42 Å². The Morgan fingerprint density at radius 3 is 2.56 bits per heavy atom. The molecule has 1 aliphatic rings. The summed E-state index contributed by atoms with van der Waals surface area (Å²) < 4.78 is 5.85. The number of anilines is 3.